The molecule has 0 heterocycles. The molecule has 1 atom stereocenters. The van der Waals surface area contributed by atoms with Gasteiger partial charge in [-0.05, 0) is 0 Å². The molecule has 7 heteroatoms. The zero-order chi connectivity index (χ0) is 19.3. The summed E-state index contributed by atoms with van der Waals surface area (Å²) in [5, 5.41) is 0. The van der Waals surface area contributed by atoms with Crippen LogP contribution in [0.1, 0.15) is 97.8 Å². The summed E-state index contributed by atoms with van der Waals surface area (Å²) >= 11 is 4.21. The van der Waals surface area contributed by atoms with E-state index in [0.29, 0.717) is 0 Å². The molecule has 0 saturated carbocycles. The fraction of sp³-hybridized carbons (Fsp3) is 1.00. The van der Waals surface area contributed by atoms with E-state index in [1.165, 1.54) is 109 Å². The monoisotopic (exact) mass is 442 g/mol. The molecule has 0 aliphatic heterocycles. The standard InChI is InChI=1S/C14H30Se.C3H7.Na.H2O4S/c1-3-5-6-7-8-9-10-11-12-13-14(15)4-2;1-3-2;;1-5(2,3)4/h14-15H,3-13H2,1-2H3;1,3H2,2H3;;(H2,1,2,3,4). The van der Waals surface area contributed by atoms with Crippen LogP contribution >= 0.6 is 0 Å². The van der Waals surface area contributed by atoms with Gasteiger partial charge in [0.15, 0.2) is 0 Å². The van der Waals surface area contributed by atoms with Gasteiger partial charge in [-0.3, -0.25) is 9.11 Å². The summed E-state index contributed by atoms with van der Waals surface area (Å²) in [6.07, 6.45) is 17.2. The van der Waals surface area contributed by atoms with Gasteiger partial charge in [0.05, 0.1) is 0 Å². The summed E-state index contributed by atoms with van der Waals surface area (Å²) in [4.78, 5) is 0.891. The van der Waals surface area contributed by atoms with Gasteiger partial charge in [-0.1, -0.05) is 0 Å². The summed E-state index contributed by atoms with van der Waals surface area (Å²) in [5.74, 6) is 0. The van der Waals surface area contributed by atoms with E-state index in [2.05, 4.69) is 36.8 Å². The smallest absolute Gasteiger partial charge is 0.264 e. The molecule has 0 fully saturated rings. The maximum absolute atomic E-state index is 8.74. The molecule has 0 aliphatic carbocycles. The molecule has 0 radical (unpaired) electrons. The van der Waals surface area contributed by atoms with Gasteiger partial charge >= 0.3 is 161 Å². The predicted octanol–water partition coefficient (Wildman–Crippen LogP) is 5.34. The Morgan fingerprint density at radius 3 is 1.46 bits per heavy atom. The van der Waals surface area contributed by atoms with Crippen LogP contribution in [0.4, 0.5) is 0 Å². The Morgan fingerprint density at radius 2 is 1.17 bits per heavy atom. The molecule has 0 amide bonds. The molecule has 0 aliphatic rings. The average molecular weight is 442 g/mol. The molecule has 1 unspecified atom stereocenters. The Labute approximate surface area is 177 Å². The molecule has 0 bridgehead atoms. The SMILES string of the molecule is CCCCCCCCCCCC([SeH])CC.CC[CH2][Na].O=S(=O)(O)O. The molecule has 4 nitrogen and oxygen atoms in total. The van der Waals surface area contributed by atoms with E-state index in [9.17, 15) is 0 Å². The fourth-order valence-electron chi connectivity index (χ4n) is 1.89. The van der Waals surface area contributed by atoms with Gasteiger partial charge in [-0.15, -0.1) is 0 Å². The number of rotatable bonds is 12. The molecule has 2 N–H and O–H groups in total. The van der Waals surface area contributed by atoms with Crippen LogP contribution in [0.3, 0.4) is 0 Å². The summed E-state index contributed by atoms with van der Waals surface area (Å²) in [6.45, 7) is 6.79. The molecular formula is C17H39NaO4SSe. The third-order valence-electron chi connectivity index (χ3n) is 3.61. The Kier molecular flexibility index (Phi) is 30.6. The maximum atomic E-state index is 8.74. The summed E-state index contributed by atoms with van der Waals surface area (Å²) < 4.78 is 33.0. The molecule has 0 saturated heterocycles. The van der Waals surface area contributed by atoms with E-state index in [0.717, 1.165) is 4.82 Å². The van der Waals surface area contributed by atoms with Crippen molar-refractivity contribution in [3.63, 3.8) is 0 Å². The summed E-state index contributed by atoms with van der Waals surface area (Å²) in [5.41, 5.74) is 0. The molecule has 0 rings (SSSR count). The van der Waals surface area contributed by atoms with E-state index in [4.69, 9.17) is 17.5 Å². The van der Waals surface area contributed by atoms with Crippen molar-refractivity contribution in [2.75, 3.05) is 0 Å². The average Bonchev–Trinajstić information content (AvgIpc) is 2.51. The van der Waals surface area contributed by atoms with Crippen molar-refractivity contribution < 1.29 is 17.5 Å². The zero-order valence-corrected chi connectivity index (χ0v) is 21.0. The first-order valence-corrected chi connectivity index (χ1v) is 13.5. The molecule has 144 valence electrons. The van der Waals surface area contributed by atoms with Gasteiger partial charge in [-0.2, -0.15) is 8.42 Å². The van der Waals surface area contributed by atoms with Crippen LogP contribution in [0.25, 0.3) is 0 Å². The second-order valence-corrected chi connectivity index (χ2v) is 9.55. The second-order valence-electron chi connectivity index (χ2n) is 6.13. The second kappa shape index (κ2) is 24.4. The molecule has 0 aromatic rings. The van der Waals surface area contributed by atoms with E-state index in [1.807, 2.05) is 0 Å². The number of hydrogen-bond acceptors (Lipinski definition) is 2. The normalized spacial score (nSPS) is 11.8. The zero-order valence-electron chi connectivity index (χ0n) is 16.3. The fourth-order valence-corrected chi connectivity index (χ4v) is 2.28. The minimum atomic E-state index is -4.67. The van der Waals surface area contributed by atoms with E-state index < -0.39 is 10.4 Å². The van der Waals surface area contributed by atoms with Crippen LogP contribution in [0.2, 0.25) is 8.49 Å². The van der Waals surface area contributed by atoms with Crippen molar-refractivity contribution in [1.29, 1.82) is 0 Å². The van der Waals surface area contributed by atoms with Gasteiger partial charge in [-0.25, -0.2) is 0 Å². The molecular weight excluding hydrogens is 402 g/mol. The molecule has 0 aromatic carbocycles. The minimum absolute atomic E-state index is 0.891. The van der Waals surface area contributed by atoms with Gasteiger partial charge in [0.2, 0.25) is 0 Å². The summed E-state index contributed by atoms with van der Waals surface area (Å²) in [7, 11) is -4.67. The number of hydrogen-bond donors (Lipinski definition) is 2. The first-order chi connectivity index (χ1) is 11.2. The molecule has 24 heavy (non-hydrogen) atoms. The number of unbranched alkanes of at least 4 members (excludes halogenated alkanes) is 8. The van der Waals surface area contributed by atoms with Crippen molar-refractivity contribution in [3.8, 4) is 0 Å². The van der Waals surface area contributed by atoms with Gasteiger partial charge < -0.3 is 0 Å². The van der Waals surface area contributed by atoms with Crippen LogP contribution < -0.4 is 0 Å². The Bertz CT molecular complexity index is 304. The Balaban J connectivity index is -0.000000402. The largest absolute Gasteiger partial charge is 0.394 e. The topological polar surface area (TPSA) is 74.6 Å². The van der Waals surface area contributed by atoms with E-state index >= 15 is 0 Å². The molecule has 0 aromatic heterocycles. The quantitative estimate of drug-likeness (QED) is 0.244. The van der Waals surface area contributed by atoms with Crippen molar-refractivity contribution in [1.82, 2.24) is 0 Å². The van der Waals surface area contributed by atoms with Crippen LogP contribution in [0.5, 0.6) is 0 Å². The predicted molar refractivity (Wildman–Crippen MR) is 108 cm³/mol. The van der Waals surface area contributed by atoms with Crippen LogP contribution in [0, 0.1) is 0 Å². The van der Waals surface area contributed by atoms with E-state index in [-0.39, 0.29) is 0 Å². The molecule has 0 spiro atoms. The van der Waals surface area contributed by atoms with Crippen molar-refractivity contribution in [2.45, 2.75) is 106 Å². The van der Waals surface area contributed by atoms with Gasteiger partial charge in [0.25, 0.3) is 0 Å². The van der Waals surface area contributed by atoms with Crippen molar-refractivity contribution >= 4 is 54.3 Å². The van der Waals surface area contributed by atoms with Crippen LogP contribution in [-0.4, -0.2) is 61.5 Å². The first-order valence-electron chi connectivity index (χ1n) is 9.60. The Morgan fingerprint density at radius 1 is 0.833 bits per heavy atom. The third kappa shape index (κ3) is 49.5. The van der Waals surface area contributed by atoms with Gasteiger partial charge in [0.1, 0.15) is 0 Å². The van der Waals surface area contributed by atoms with Crippen molar-refractivity contribution in [2.24, 2.45) is 0 Å². The van der Waals surface area contributed by atoms with Crippen molar-refractivity contribution in [3.05, 3.63) is 0 Å². The maximum Gasteiger partial charge on any atom is 0.394 e. The summed E-state index contributed by atoms with van der Waals surface area (Å²) in [6, 6.07) is 0. The van der Waals surface area contributed by atoms with Gasteiger partial charge in [0, 0.05) is 0 Å². The van der Waals surface area contributed by atoms with Crippen LogP contribution in [-0.2, 0) is 10.4 Å². The van der Waals surface area contributed by atoms with Crippen LogP contribution in [0.15, 0.2) is 0 Å². The Hall–Kier alpha value is 1.39. The first kappa shape index (κ1) is 30.1. The van der Waals surface area contributed by atoms with E-state index in [1.54, 1.807) is 0 Å². The third-order valence-corrected chi connectivity index (χ3v) is 5.92. The minimum Gasteiger partial charge on any atom is -0.264 e.